The van der Waals surface area contributed by atoms with Crippen molar-refractivity contribution in [2.24, 2.45) is 0 Å². The van der Waals surface area contributed by atoms with Crippen LogP contribution in [0.15, 0.2) is 35.4 Å². The Bertz CT molecular complexity index is 997. The Morgan fingerprint density at radius 3 is 2.80 bits per heavy atom. The molecule has 1 amide bonds. The van der Waals surface area contributed by atoms with Crippen molar-refractivity contribution in [3.8, 4) is 0 Å². The lowest BCUT2D eigenvalue weighted by molar-refractivity contribution is -0.119. The van der Waals surface area contributed by atoms with Crippen LogP contribution in [0.4, 0.5) is 11.4 Å². The van der Waals surface area contributed by atoms with Gasteiger partial charge >= 0.3 is 0 Å². The zero-order chi connectivity index (χ0) is 17.8. The summed E-state index contributed by atoms with van der Waals surface area (Å²) in [5.41, 5.74) is 3.21. The van der Waals surface area contributed by atoms with Crippen molar-refractivity contribution < 1.29 is 13.2 Å². The van der Waals surface area contributed by atoms with Crippen LogP contribution in [-0.2, 0) is 33.1 Å². The smallest absolute Gasteiger partial charge is 0.261 e. The number of amides is 1. The minimum absolute atomic E-state index is 0.132. The minimum atomic E-state index is -3.75. The van der Waals surface area contributed by atoms with Gasteiger partial charge in [-0.2, -0.15) is 0 Å². The number of carbonyl (C=O) groups is 1. The average Bonchev–Trinajstić information content (AvgIpc) is 3.09. The van der Waals surface area contributed by atoms with Crippen LogP contribution in [-0.4, -0.2) is 19.3 Å². The van der Waals surface area contributed by atoms with Crippen molar-refractivity contribution in [1.82, 2.24) is 4.98 Å². The van der Waals surface area contributed by atoms with Crippen LogP contribution in [0.1, 0.15) is 37.1 Å². The van der Waals surface area contributed by atoms with E-state index >= 15 is 0 Å². The highest BCUT2D eigenvalue weighted by Crippen LogP contribution is 2.38. The number of sulfonamides is 1. The molecule has 1 aromatic carbocycles. The number of hydrogen-bond donors (Lipinski definition) is 2. The molecule has 0 unspecified atom stereocenters. The second kappa shape index (κ2) is 5.29. The molecule has 6 nitrogen and oxygen atoms in total. The fourth-order valence-corrected chi connectivity index (χ4v) is 4.47. The van der Waals surface area contributed by atoms with Crippen molar-refractivity contribution in [2.45, 2.75) is 43.4 Å². The zero-order valence-electron chi connectivity index (χ0n) is 14.1. The number of aromatic nitrogens is 1. The number of pyridine rings is 1. The number of nitrogens with one attached hydrogen (secondary N) is 2. The predicted molar refractivity (Wildman–Crippen MR) is 95.2 cm³/mol. The zero-order valence-corrected chi connectivity index (χ0v) is 14.9. The molecule has 1 aliphatic heterocycles. The molecule has 0 radical (unpaired) electrons. The molecule has 0 atom stereocenters. The average molecular weight is 357 g/mol. The third kappa shape index (κ3) is 2.59. The Morgan fingerprint density at radius 1 is 1.20 bits per heavy atom. The fourth-order valence-electron chi connectivity index (χ4n) is 3.41. The third-order valence-electron chi connectivity index (χ3n) is 4.96. The van der Waals surface area contributed by atoms with Crippen LogP contribution in [0.5, 0.6) is 0 Å². The Morgan fingerprint density at radius 2 is 2.00 bits per heavy atom. The first-order valence-electron chi connectivity index (χ1n) is 8.24. The highest BCUT2D eigenvalue weighted by molar-refractivity contribution is 7.92. The van der Waals surface area contributed by atoms with E-state index in [1.165, 1.54) is 6.07 Å². The van der Waals surface area contributed by atoms with E-state index in [2.05, 4.69) is 15.0 Å². The first kappa shape index (κ1) is 16.1. The maximum Gasteiger partial charge on any atom is 0.261 e. The molecule has 1 aliphatic carbocycles. The third-order valence-corrected chi connectivity index (χ3v) is 6.34. The molecule has 1 aromatic heterocycles. The molecular weight excluding hydrogens is 338 g/mol. The molecule has 2 N–H and O–H groups in total. The number of nitrogens with zero attached hydrogens (tertiary/aromatic N) is 1. The van der Waals surface area contributed by atoms with Crippen LogP contribution in [0, 0.1) is 0 Å². The maximum atomic E-state index is 12.7. The summed E-state index contributed by atoms with van der Waals surface area (Å²) < 4.78 is 28.1. The second-order valence-electron chi connectivity index (χ2n) is 7.08. The van der Waals surface area contributed by atoms with Crippen molar-refractivity contribution in [3.05, 3.63) is 47.3 Å². The molecule has 0 bridgehead atoms. The molecule has 2 aliphatic rings. The SMILES string of the molecule is CC1(C)C(=O)Nc2ccc(S(=O)(=O)Nc3cnc4c(c3)CCC4)cc21. The molecule has 0 fully saturated rings. The van der Waals surface area contributed by atoms with Gasteiger partial charge in [-0.05, 0) is 68.5 Å². The van der Waals surface area contributed by atoms with Gasteiger partial charge in [-0.3, -0.25) is 14.5 Å². The Labute approximate surface area is 146 Å². The Kier molecular flexibility index (Phi) is 3.40. The van der Waals surface area contributed by atoms with E-state index in [0.717, 1.165) is 30.5 Å². The Balaban J connectivity index is 1.68. The molecule has 130 valence electrons. The molecular formula is C18H19N3O3S. The first-order chi connectivity index (χ1) is 11.8. The van der Waals surface area contributed by atoms with E-state index in [-0.39, 0.29) is 10.8 Å². The lowest BCUT2D eigenvalue weighted by atomic mass is 9.86. The van der Waals surface area contributed by atoms with Crippen molar-refractivity contribution in [3.63, 3.8) is 0 Å². The largest absolute Gasteiger partial charge is 0.325 e. The van der Waals surface area contributed by atoms with E-state index < -0.39 is 15.4 Å². The number of benzene rings is 1. The number of anilines is 2. The van der Waals surface area contributed by atoms with E-state index in [0.29, 0.717) is 16.9 Å². The number of fused-ring (bicyclic) bond motifs is 2. The van der Waals surface area contributed by atoms with Gasteiger partial charge in [0.05, 0.1) is 22.2 Å². The monoisotopic (exact) mass is 357 g/mol. The molecule has 25 heavy (non-hydrogen) atoms. The van der Waals surface area contributed by atoms with Gasteiger partial charge in [0, 0.05) is 11.4 Å². The van der Waals surface area contributed by atoms with Crippen LogP contribution in [0.25, 0.3) is 0 Å². The summed E-state index contributed by atoms with van der Waals surface area (Å²) in [4.78, 5) is 16.5. The normalized spacial score (nSPS) is 17.8. The summed E-state index contributed by atoms with van der Waals surface area (Å²) in [6.45, 7) is 3.56. The van der Waals surface area contributed by atoms with Gasteiger partial charge in [-0.1, -0.05) is 0 Å². The number of carbonyl (C=O) groups excluding carboxylic acids is 1. The number of rotatable bonds is 3. The molecule has 2 heterocycles. The second-order valence-corrected chi connectivity index (χ2v) is 8.76. The minimum Gasteiger partial charge on any atom is -0.325 e. The summed E-state index contributed by atoms with van der Waals surface area (Å²) in [5, 5.41) is 2.78. The molecule has 2 aromatic rings. The maximum absolute atomic E-state index is 12.7. The van der Waals surface area contributed by atoms with E-state index in [1.54, 1.807) is 32.2 Å². The summed E-state index contributed by atoms with van der Waals surface area (Å²) in [5.74, 6) is -0.132. The summed E-state index contributed by atoms with van der Waals surface area (Å²) in [6.07, 6.45) is 4.49. The lowest BCUT2D eigenvalue weighted by Crippen LogP contribution is -2.27. The van der Waals surface area contributed by atoms with E-state index in [1.807, 2.05) is 6.07 Å². The van der Waals surface area contributed by atoms with Gasteiger partial charge < -0.3 is 5.32 Å². The topological polar surface area (TPSA) is 88.2 Å². The van der Waals surface area contributed by atoms with Crippen LogP contribution in [0.3, 0.4) is 0 Å². The highest BCUT2D eigenvalue weighted by Gasteiger charge is 2.39. The quantitative estimate of drug-likeness (QED) is 0.884. The van der Waals surface area contributed by atoms with Gasteiger partial charge in [-0.25, -0.2) is 8.42 Å². The number of aryl methyl sites for hydroxylation is 2. The summed E-state index contributed by atoms with van der Waals surface area (Å²) in [6, 6.07) is 6.56. The number of hydrogen-bond acceptors (Lipinski definition) is 4. The molecule has 0 saturated heterocycles. The van der Waals surface area contributed by atoms with E-state index in [9.17, 15) is 13.2 Å². The lowest BCUT2D eigenvalue weighted by Gasteiger charge is -2.16. The fraction of sp³-hybridized carbons (Fsp3) is 0.333. The van der Waals surface area contributed by atoms with Gasteiger partial charge in [0.25, 0.3) is 10.0 Å². The van der Waals surface area contributed by atoms with E-state index in [4.69, 9.17) is 0 Å². The van der Waals surface area contributed by atoms with Crippen molar-refractivity contribution in [1.29, 1.82) is 0 Å². The van der Waals surface area contributed by atoms with Crippen molar-refractivity contribution >= 4 is 27.3 Å². The van der Waals surface area contributed by atoms with Gasteiger partial charge in [0.2, 0.25) is 5.91 Å². The molecule has 0 spiro atoms. The first-order valence-corrected chi connectivity index (χ1v) is 9.72. The standard InChI is InChI=1S/C18H19N3O3S/c1-18(2)14-9-13(6-7-16(14)20-17(18)22)25(23,24)21-12-8-11-4-3-5-15(11)19-10-12/h6-10,21H,3-5H2,1-2H3,(H,20,22). The van der Waals surface area contributed by atoms with Gasteiger partial charge in [0.1, 0.15) is 0 Å². The predicted octanol–water partition coefficient (Wildman–Crippen LogP) is 2.60. The van der Waals surface area contributed by atoms with Crippen molar-refractivity contribution in [2.75, 3.05) is 10.0 Å². The van der Waals surface area contributed by atoms with Gasteiger partial charge in [0.15, 0.2) is 0 Å². The Hall–Kier alpha value is -2.41. The molecule has 7 heteroatoms. The molecule has 0 saturated carbocycles. The molecule has 4 rings (SSSR count). The van der Waals surface area contributed by atoms with Gasteiger partial charge in [-0.15, -0.1) is 0 Å². The van der Waals surface area contributed by atoms with Crippen LogP contribution >= 0.6 is 0 Å². The van der Waals surface area contributed by atoms with Crippen LogP contribution in [0.2, 0.25) is 0 Å². The summed E-state index contributed by atoms with van der Waals surface area (Å²) in [7, 11) is -3.75. The highest BCUT2D eigenvalue weighted by atomic mass is 32.2. The summed E-state index contributed by atoms with van der Waals surface area (Å²) >= 11 is 0. The van der Waals surface area contributed by atoms with Crippen LogP contribution < -0.4 is 10.0 Å².